The Labute approximate surface area is 80.8 Å². The highest BCUT2D eigenvalue weighted by Crippen LogP contribution is 2.27. The van der Waals surface area contributed by atoms with Crippen molar-refractivity contribution in [2.75, 3.05) is 18.1 Å². The summed E-state index contributed by atoms with van der Waals surface area (Å²) in [4.78, 5) is 4.02. The summed E-state index contributed by atoms with van der Waals surface area (Å²) in [6, 6.07) is 4.60. The molecule has 2 aromatic rings. The van der Waals surface area contributed by atoms with Gasteiger partial charge < -0.3 is 11.1 Å². The maximum absolute atomic E-state index is 13.5. The Morgan fingerprint density at radius 1 is 1.36 bits per heavy atom. The van der Waals surface area contributed by atoms with Crippen LogP contribution < -0.4 is 11.1 Å². The number of benzene rings is 1. The lowest BCUT2D eigenvalue weighted by Crippen LogP contribution is -1.97. The molecule has 0 radical (unpaired) electrons. The molecular weight excluding hydrogens is 181 g/mol. The molecule has 2 rings (SSSR count). The van der Waals surface area contributed by atoms with Gasteiger partial charge in [-0.25, -0.2) is 9.37 Å². The third kappa shape index (κ3) is 1.16. The molecule has 0 spiro atoms. The average Bonchev–Trinajstić information content (AvgIpc) is 2.23. The molecule has 0 amide bonds. The van der Waals surface area contributed by atoms with Gasteiger partial charge >= 0.3 is 0 Å². The monoisotopic (exact) mass is 191 g/mol. The Bertz CT molecular complexity index is 482. The van der Waals surface area contributed by atoms with Crippen LogP contribution in [0.4, 0.5) is 15.9 Å². The van der Waals surface area contributed by atoms with Gasteiger partial charge in [0.2, 0.25) is 0 Å². The molecule has 1 aromatic carbocycles. The summed E-state index contributed by atoms with van der Waals surface area (Å²) in [7, 11) is 1.70. The number of nitrogen functional groups attached to an aromatic ring is 1. The van der Waals surface area contributed by atoms with Crippen molar-refractivity contribution in [1.29, 1.82) is 0 Å². The normalized spacial score (nSPS) is 10.4. The maximum atomic E-state index is 13.5. The van der Waals surface area contributed by atoms with Crippen molar-refractivity contribution in [3.8, 4) is 0 Å². The second-order valence-corrected chi connectivity index (χ2v) is 2.97. The number of nitrogens with two attached hydrogens (primary N) is 1. The van der Waals surface area contributed by atoms with Crippen LogP contribution in [0, 0.1) is 5.82 Å². The second-order valence-electron chi connectivity index (χ2n) is 2.97. The van der Waals surface area contributed by atoms with Gasteiger partial charge in [-0.05, 0) is 18.2 Å². The van der Waals surface area contributed by atoms with E-state index in [-0.39, 0.29) is 5.82 Å². The zero-order valence-corrected chi connectivity index (χ0v) is 7.71. The summed E-state index contributed by atoms with van der Waals surface area (Å²) >= 11 is 0. The Morgan fingerprint density at radius 3 is 2.86 bits per heavy atom. The van der Waals surface area contributed by atoms with E-state index in [9.17, 15) is 4.39 Å². The van der Waals surface area contributed by atoms with Crippen molar-refractivity contribution in [3.63, 3.8) is 0 Å². The van der Waals surface area contributed by atoms with E-state index in [1.54, 1.807) is 25.4 Å². The summed E-state index contributed by atoms with van der Waals surface area (Å²) in [6.45, 7) is 0. The molecule has 1 aromatic heterocycles. The number of hydrogen-bond acceptors (Lipinski definition) is 3. The first-order valence-corrected chi connectivity index (χ1v) is 4.24. The molecule has 0 saturated heterocycles. The van der Waals surface area contributed by atoms with Crippen molar-refractivity contribution in [2.24, 2.45) is 0 Å². The highest BCUT2D eigenvalue weighted by molar-refractivity contribution is 5.99. The van der Waals surface area contributed by atoms with Gasteiger partial charge in [-0.3, -0.25) is 0 Å². The van der Waals surface area contributed by atoms with Crippen molar-refractivity contribution < 1.29 is 4.39 Å². The van der Waals surface area contributed by atoms with Crippen LogP contribution in [-0.2, 0) is 0 Å². The third-order valence-electron chi connectivity index (χ3n) is 2.15. The molecule has 0 aliphatic rings. The van der Waals surface area contributed by atoms with Crippen LogP contribution in [0.2, 0.25) is 0 Å². The molecule has 0 atom stereocenters. The van der Waals surface area contributed by atoms with E-state index in [2.05, 4.69) is 10.3 Å². The van der Waals surface area contributed by atoms with Crippen molar-refractivity contribution in [1.82, 2.24) is 4.98 Å². The van der Waals surface area contributed by atoms with Crippen LogP contribution in [0.3, 0.4) is 0 Å². The lowest BCUT2D eigenvalue weighted by molar-refractivity contribution is 0.640. The van der Waals surface area contributed by atoms with E-state index in [4.69, 9.17) is 5.73 Å². The van der Waals surface area contributed by atoms with E-state index in [0.29, 0.717) is 22.3 Å². The van der Waals surface area contributed by atoms with E-state index in [0.717, 1.165) is 0 Å². The molecule has 3 nitrogen and oxygen atoms in total. The Morgan fingerprint density at radius 2 is 2.14 bits per heavy atom. The number of fused-ring (bicyclic) bond motifs is 1. The number of aromatic nitrogens is 1. The Kier molecular flexibility index (Phi) is 1.96. The average molecular weight is 191 g/mol. The molecule has 72 valence electrons. The molecule has 3 N–H and O–H groups in total. The van der Waals surface area contributed by atoms with Crippen LogP contribution >= 0.6 is 0 Å². The first kappa shape index (κ1) is 8.74. The SMILES string of the molecule is CNc1nccc2c(N)ccc(F)c12. The summed E-state index contributed by atoms with van der Waals surface area (Å²) < 4.78 is 13.5. The fourth-order valence-corrected chi connectivity index (χ4v) is 1.47. The molecule has 1 heterocycles. The number of pyridine rings is 1. The van der Waals surface area contributed by atoms with Crippen molar-refractivity contribution >= 4 is 22.3 Å². The van der Waals surface area contributed by atoms with E-state index < -0.39 is 0 Å². The minimum atomic E-state index is -0.313. The molecule has 0 unspecified atom stereocenters. The lowest BCUT2D eigenvalue weighted by atomic mass is 10.1. The molecule has 4 heteroatoms. The first-order valence-electron chi connectivity index (χ1n) is 4.24. The van der Waals surface area contributed by atoms with Crippen molar-refractivity contribution in [3.05, 3.63) is 30.2 Å². The topological polar surface area (TPSA) is 50.9 Å². The van der Waals surface area contributed by atoms with Gasteiger partial charge in [-0.2, -0.15) is 0 Å². The van der Waals surface area contributed by atoms with Gasteiger partial charge in [0.05, 0.1) is 5.39 Å². The molecular formula is C10H10FN3. The molecule has 0 bridgehead atoms. The lowest BCUT2D eigenvalue weighted by Gasteiger charge is -2.07. The molecule has 0 fully saturated rings. The highest BCUT2D eigenvalue weighted by atomic mass is 19.1. The van der Waals surface area contributed by atoms with Gasteiger partial charge in [0.15, 0.2) is 0 Å². The van der Waals surface area contributed by atoms with Crippen LogP contribution in [-0.4, -0.2) is 12.0 Å². The predicted octanol–water partition coefficient (Wildman–Crippen LogP) is 2.00. The van der Waals surface area contributed by atoms with Crippen LogP contribution in [0.15, 0.2) is 24.4 Å². The molecule has 0 aliphatic carbocycles. The summed E-state index contributed by atoms with van der Waals surface area (Å²) in [6.07, 6.45) is 1.60. The van der Waals surface area contributed by atoms with Gasteiger partial charge in [-0.1, -0.05) is 0 Å². The van der Waals surface area contributed by atoms with E-state index >= 15 is 0 Å². The minimum Gasteiger partial charge on any atom is -0.398 e. The number of halogens is 1. The van der Waals surface area contributed by atoms with Gasteiger partial charge in [0.25, 0.3) is 0 Å². The number of nitrogens with one attached hydrogen (secondary N) is 1. The standard InChI is InChI=1S/C10H10FN3/c1-13-10-9-6(4-5-14-10)8(12)3-2-7(9)11/h2-5H,12H2,1H3,(H,13,14). The van der Waals surface area contributed by atoms with Gasteiger partial charge in [0, 0.05) is 24.3 Å². The predicted molar refractivity (Wildman–Crippen MR) is 55.7 cm³/mol. The fraction of sp³-hybridized carbons (Fsp3) is 0.100. The number of nitrogens with zero attached hydrogens (tertiary/aromatic N) is 1. The number of rotatable bonds is 1. The zero-order valence-electron chi connectivity index (χ0n) is 7.71. The Balaban J connectivity index is 2.92. The zero-order chi connectivity index (χ0) is 10.1. The summed E-state index contributed by atoms with van der Waals surface area (Å²) in [5.74, 6) is 0.193. The second kappa shape index (κ2) is 3.14. The fourth-order valence-electron chi connectivity index (χ4n) is 1.47. The quantitative estimate of drug-likeness (QED) is 0.678. The third-order valence-corrected chi connectivity index (χ3v) is 2.15. The molecule has 0 aliphatic heterocycles. The van der Waals surface area contributed by atoms with Crippen LogP contribution in [0.1, 0.15) is 0 Å². The number of hydrogen-bond donors (Lipinski definition) is 2. The van der Waals surface area contributed by atoms with E-state index in [1.807, 2.05) is 0 Å². The van der Waals surface area contributed by atoms with Crippen LogP contribution in [0.5, 0.6) is 0 Å². The number of anilines is 2. The Hall–Kier alpha value is -1.84. The van der Waals surface area contributed by atoms with Gasteiger partial charge in [-0.15, -0.1) is 0 Å². The summed E-state index contributed by atoms with van der Waals surface area (Å²) in [5.41, 5.74) is 6.28. The smallest absolute Gasteiger partial charge is 0.136 e. The summed E-state index contributed by atoms with van der Waals surface area (Å²) in [5, 5.41) is 3.96. The minimum absolute atomic E-state index is 0.313. The maximum Gasteiger partial charge on any atom is 0.136 e. The van der Waals surface area contributed by atoms with Crippen LogP contribution in [0.25, 0.3) is 10.8 Å². The molecule has 14 heavy (non-hydrogen) atoms. The van der Waals surface area contributed by atoms with E-state index in [1.165, 1.54) is 6.07 Å². The highest BCUT2D eigenvalue weighted by Gasteiger charge is 2.08. The van der Waals surface area contributed by atoms with Crippen molar-refractivity contribution in [2.45, 2.75) is 0 Å². The van der Waals surface area contributed by atoms with Gasteiger partial charge in [0.1, 0.15) is 11.6 Å². The largest absolute Gasteiger partial charge is 0.398 e. The first-order chi connectivity index (χ1) is 6.74. The molecule has 0 saturated carbocycles.